The summed E-state index contributed by atoms with van der Waals surface area (Å²) < 4.78 is 6.89. The summed E-state index contributed by atoms with van der Waals surface area (Å²) in [4.78, 5) is 16.5. The first kappa shape index (κ1) is 15.0. The fourth-order valence-electron chi connectivity index (χ4n) is 2.87. The number of rotatable bonds is 3. The number of nitrogens with one attached hydrogen (secondary N) is 2. The van der Waals surface area contributed by atoms with Crippen molar-refractivity contribution in [2.24, 2.45) is 0 Å². The third kappa shape index (κ3) is 3.05. The Balaban J connectivity index is 1.33. The molecule has 2 amide bonds. The molecule has 2 aromatic carbocycles. The summed E-state index contributed by atoms with van der Waals surface area (Å²) in [5, 5.41) is 6.75. The molecule has 0 fully saturated rings. The summed E-state index contributed by atoms with van der Waals surface area (Å²) >= 11 is 1.62. The van der Waals surface area contributed by atoms with Crippen LogP contribution in [0.3, 0.4) is 0 Å². The number of para-hydroxylation sites is 1. The fraction of sp³-hybridized carbons (Fsp3) is 0.222. The van der Waals surface area contributed by atoms with Gasteiger partial charge in [-0.25, -0.2) is 9.78 Å². The minimum Gasteiger partial charge on any atom is -0.488 e. The highest BCUT2D eigenvalue weighted by Gasteiger charge is 2.22. The highest BCUT2D eigenvalue weighted by atomic mass is 32.1. The van der Waals surface area contributed by atoms with Crippen LogP contribution in [0.25, 0.3) is 10.2 Å². The standard InChI is InChI=1S/C18H17N3O2S/c1-11-20-15-7-6-13(9-17(15)24-11)21-18(22)19-10-14-8-12-4-2-3-5-16(12)23-14/h2-7,9,14H,8,10H2,1H3,(H2,19,21,22)/t14-/m1/s1. The lowest BCUT2D eigenvalue weighted by atomic mass is 10.1. The number of carbonyl (C=O) groups excluding carboxylic acids is 1. The number of hydrogen-bond donors (Lipinski definition) is 2. The maximum atomic E-state index is 12.1. The summed E-state index contributed by atoms with van der Waals surface area (Å²) in [5.41, 5.74) is 2.91. The zero-order valence-corrected chi connectivity index (χ0v) is 14.0. The smallest absolute Gasteiger partial charge is 0.319 e. The number of aryl methyl sites for hydroxylation is 1. The number of hydrogen-bond acceptors (Lipinski definition) is 4. The van der Waals surface area contributed by atoms with Gasteiger partial charge in [0.25, 0.3) is 0 Å². The van der Waals surface area contributed by atoms with Gasteiger partial charge in [-0.3, -0.25) is 0 Å². The third-order valence-electron chi connectivity index (χ3n) is 3.96. The number of fused-ring (bicyclic) bond motifs is 2. The Morgan fingerprint density at radius 2 is 2.21 bits per heavy atom. The Morgan fingerprint density at radius 1 is 1.33 bits per heavy atom. The van der Waals surface area contributed by atoms with Gasteiger partial charge in [-0.05, 0) is 36.8 Å². The maximum absolute atomic E-state index is 12.1. The number of aromatic nitrogens is 1. The molecule has 0 aliphatic carbocycles. The van der Waals surface area contributed by atoms with Crippen LogP contribution in [-0.4, -0.2) is 23.7 Å². The molecule has 0 saturated heterocycles. The molecule has 0 spiro atoms. The van der Waals surface area contributed by atoms with E-state index >= 15 is 0 Å². The van der Waals surface area contributed by atoms with Crippen LogP contribution in [0.1, 0.15) is 10.6 Å². The first-order valence-electron chi connectivity index (χ1n) is 7.84. The Morgan fingerprint density at radius 3 is 3.08 bits per heavy atom. The largest absolute Gasteiger partial charge is 0.488 e. The number of amides is 2. The van der Waals surface area contributed by atoms with Crippen LogP contribution in [0, 0.1) is 6.92 Å². The molecule has 0 bridgehead atoms. The average Bonchev–Trinajstić information content (AvgIpc) is 3.14. The second-order valence-electron chi connectivity index (χ2n) is 5.80. The van der Waals surface area contributed by atoms with E-state index in [-0.39, 0.29) is 12.1 Å². The minimum absolute atomic E-state index is 0.0141. The van der Waals surface area contributed by atoms with Gasteiger partial charge >= 0.3 is 6.03 Å². The highest BCUT2D eigenvalue weighted by Crippen LogP contribution is 2.28. The summed E-state index contributed by atoms with van der Waals surface area (Å²) in [7, 11) is 0. The molecule has 24 heavy (non-hydrogen) atoms. The first-order chi connectivity index (χ1) is 11.7. The molecular formula is C18H17N3O2S. The molecule has 0 unspecified atom stereocenters. The van der Waals surface area contributed by atoms with Crippen molar-refractivity contribution in [1.29, 1.82) is 0 Å². The van der Waals surface area contributed by atoms with Gasteiger partial charge in [0.05, 0.1) is 21.8 Å². The van der Waals surface area contributed by atoms with Crippen molar-refractivity contribution in [1.82, 2.24) is 10.3 Å². The molecular weight excluding hydrogens is 322 g/mol. The van der Waals surface area contributed by atoms with Crippen molar-refractivity contribution in [2.75, 3.05) is 11.9 Å². The van der Waals surface area contributed by atoms with Crippen LogP contribution in [0.4, 0.5) is 10.5 Å². The SMILES string of the molecule is Cc1nc2ccc(NC(=O)NC[C@H]3Cc4ccccc4O3)cc2s1. The van der Waals surface area contributed by atoms with E-state index in [1.807, 2.05) is 43.3 Å². The summed E-state index contributed by atoms with van der Waals surface area (Å²) in [6.45, 7) is 2.45. The van der Waals surface area contributed by atoms with Crippen molar-refractivity contribution in [2.45, 2.75) is 19.4 Å². The molecule has 1 atom stereocenters. The Labute approximate surface area is 143 Å². The zero-order valence-electron chi connectivity index (χ0n) is 13.2. The molecule has 1 aromatic heterocycles. The minimum atomic E-state index is -0.227. The molecule has 5 nitrogen and oxygen atoms in total. The second kappa shape index (κ2) is 6.13. The van der Waals surface area contributed by atoms with Crippen molar-refractivity contribution < 1.29 is 9.53 Å². The third-order valence-corrected chi connectivity index (χ3v) is 4.89. The van der Waals surface area contributed by atoms with Crippen molar-refractivity contribution in [3.05, 3.63) is 53.0 Å². The lowest BCUT2D eigenvalue weighted by Gasteiger charge is -2.12. The monoisotopic (exact) mass is 339 g/mol. The van der Waals surface area contributed by atoms with Crippen LogP contribution >= 0.6 is 11.3 Å². The number of nitrogens with zero attached hydrogens (tertiary/aromatic N) is 1. The van der Waals surface area contributed by atoms with Crippen molar-refractivity contribution in [3.63, 3.8) is 0 Å². The fourth-order valence-corrected chi connectivity index (χ4v) is 3.73. The number of carbonyl (C=O) groups is 1. The van der Waals surface area contributed by atoms with Gasteiger partial charge in [0.15, 0.2) is 0 Å². The Hall–Kier alpha value is -2.60. The van der Waals surface area contributed by atoms with Crippen LogP contribution < -0.4 is 15.4 Å². The summed E-state index contributed by atoms with van der Waals surface area (Å²) in [5.74, 6) is 0.913. The van der Waals surface area contributed by atoms with E-state index in [1.165, 1.54) is 5.56 Å². The van der Waals surface area contributed by atoms with Gasteiger partial charge in [-0.15, -0.1) is 11.3 Å². The average molecular weight is 339 g/mol. The lowest BCUT2D eigenvalue weighted by molar-refractivity contribution is 0.219. The van der Waals surface area contributed by atoms with Gasteiger partial charge in [-0.2, -0.15) is 0 Å². The van der Waals surface area contributed by atoms with E-state index in [4.69, 9.17) is 4.74 Å². The van der Waals surface area contributed by atoms with Gasteiger partial charge in [-0.1, -0.05) is 18.2 Å². The van der Waals surface area contributed by atoms with E-state index in [1.54, 1.807) is 11.3 Å². The highest BCUT2D eigenvalue weighted by molar-refractivity contribution is 7.18. The summed E-state index contributed by atoms with van der Waals surface area (Å²) in [6.07, 6.45) is 0.808. The molecule has 6 heteroatoms. The number of thiazole rings is 1. The molecule has 122 valence electrons. The van der Waals surface area contributed by atoms with Gasteiger partial charge < -0.3 is 15.4 Å². The molecule has 3 aromatic rings. The summed E-state index contributed by atoms with van der Waals surface area (Å²) in [6, 6.07) is 13.5. The number of urea groups is 1. The first-order valence-corrected chi connectivity index (χ1v) is 8.65. The number of anilines is 1. The van der Waals surface area contributed by atoms with Crippen molar-refractivity contribution in [3.8, 4) is 5.75 Å². The van der Waals surface area contributed by atoms with Crippen LogP contribution in [-0.2, 0) is 6.42 Å². The molecule has 4 rings (SSSR count). The predicted molar refractivity (Wildman–Crippen MR) is 95.9 cm³/mol. The van der Waals surface area contributed by atoms with E-state index < -0.39 is 0 Å². The Bertz CT molecular complexity index is 881. The molecule has 2 N–H and O–H groups in total. The van der Waals surface area contributed by atoms with Gasteiger partial charge in [0.1, 0.15) is 11.9 Å². The number of benzene rings is 2. The van der Waals surface area contributed by atoms with Gasteiger partial charge in [0, 0.05) is 12.1 Å². The second-order valence-corrected chi connectivity index (χ2v) is 7.04. The topological polar surface area (TPSA) is 63.2 Å². The molecule has 1 aliphatic heterocycles. The molecule has 0 radical (unpaired) electrons. The van der Waals surface area contributed by atoms with E-state index in [9.17, 15) is 4.79 Å². The van der Waals surface area contributed by atoms with Crippen molar-refractivity contribution >= 4 is 33.3 Å². The molecule has 2 heterocycles. The normalized spacial score (nSPS) is 15.8. The number of ether oxygens (including phenoxy) is 1. The van der Waals surface area contributed by atoms with Crippen LogP contribution in [0.5, 0.6) is 5.75 Å². The van der Waals surface area contributed by atoms with E-state index in [2.05, 4.69) is 21.7 Å². The van der Waals surface area contributed by atoms with E-state index in [0.717, 1.165) is 33.1 Å². The zero-order chi connectivity index (χ0) is 16.5. The maximum Gasteiger partial charge on any atom is 0.319 e. The van der Waals surface area contributed by atoms with Crippen LogP contribution in [0.15, 0.2) is 42.5 Å². The van der Waals surface area contributed by atoms with E-state index in [0.29, 0.717) is 6.54 Å². The molecule has 0 saturated carbocycles. The molecule has 1 aliphatic rings. The predicted octanol–water partition coefficient (Wildman–Crippen LogP) is 3.73. The van der Waals surface area contributed by atoms with Crippen LogP contribution in [0.2, 0.25) is 0 Å². The Kier molecular flexibility index (Phi) is 3.82. The lowest BCUT2D eigenvalue weighted by Crippen LogP contribution is -2.37. The quantitative estimate of drug-likeness (QED) is 0.764. The van der Waals surface area contributed by atoms with Gasteiger partial charge in [0.2, 0.25) is 0 Å².